The maximum Gasteiger partial charge on any atom is 0.337 e. The molecule has 2 N–H and O–H groups in total. The van der Waals surface area contributed by atoms with Gasteiger partial charge in [0.25, 0.3) is 0 Å². The zero-order valence-corrected chi connectivity index (χ0v) is 11.3. The maximum absolute atomic E-state index is 11.4. The van der Waals surface area contributed by atoms with Crippen LogP contribution in [0.1, 0.15) is 10.4 Å². The number of nitrogens with one attached hydrogen (secondary N) is 1. The number of pyridine rings is 1. The molecule has 20 heavy (non-hydrogen) atoms. The van der Waals surface area contributed by atoms with E-state index in [1.807, 2.05) is 6.07 Å². The summed E-state index contributed by atoms with van der Waals surface area (Å²) in [5.41, 5.74) is 0.151. The second kappa shape index (κ2) is 5.56. The number of amides is 1. The van der Waals surface area contributed by atoms with Gasteiger partial charge in [-0.3, -0.25) is 4.79 Å². The number of fused-ring (bicyclic) bond motifs is 1. The lowest BCUT2D eigenvalue weighted by Gasteiger charge is -2.19. The molecule has 0 aliphatic rings. The van der Waals surface area contributed by atoms with E-state index in [0.29, 0.717) is 16.6 Å². The molecular formula is C14H15N3O3. The first kappa shape index (κ1) is 13.8. The van der Waals surface area contributed by atoms with Gasteiger partial charge in [0.1, 0.15) is 5.82 Å². The minimum atomic E-state index is -1.02. The van der Waals surface area contributed by atoms with Gasteiger partial charge in [0.15, 0.2) is 0 Å². The number of nitrogens with zero attached hydrogens (tertiary/aromatic N) is 2. The van der Waals surface area contributed by atoms with Crippen LogP contribution in [0.3, 0.4) is 0 Å². The average Bonchev–Trinajstić information content (AvgIpc) is 2.45. The lowest BCUT2D eigenvalue weighted by molar-refractivity contribution is -0.119. The highest BCUT2D eigenvalue weighted by Gasteiger charge is 2.15. The number of aromatic nitrogens is 1. The van der Waals surface area contributed by atoms with Crippen LogP contribution in [0.25, 0.3) is 10.8 Å². The third-order valence-corrected chi connectivity index (χ3v) is 3.03. The van der Waals surface area contributed by atoms with Gasteiger partial charge in [0, 0.05) is 31.1 Å². The van der Waals surface area contributed by atoms with Crippen LogP contribution in [-0.4, -0.2) is 42.6 Å². The van der Waals surface area contributed by atoms with E-state index < -0.39 is 5.97 Å². The Kier molecular flexibility index (Phi) is 3.84. The van der Waals surface area contributed by atoms with Crippen LogP contribution in [-0.2, 0) is 4.79 Å². The number of aromatic carboxylic acids is 1. The second-order valence-electron chi connectivity index (χ2n) is 4.38. The van der Waals surface area contributed by atoms with E-state index in [4.69, 9.17) is 0 Å². The van der Waals surface area contributed by atoms with Crippen LogP contribution in [0, 0.1) is 0 Å². The van der Waals surface area contributed by atoms with E-state index >= 15 is 0 Å². The van der Waals surface area contributed by atoms with Crippen molar-refractivity contribution in [2.45, 2.75) is 0 Å². The van der Waals surface area contributed by atoms with E-state index in [0.717, 1.165) is 0 Å². The van der Waals surface area contributed by atoms with Crippen molar-refractivity contribution in [2.24, 2.45) is 0 Å². The Morgan fingerprint density at radius 3 is 2.55 bits per heavy atom. The number of carbonyl (C=O) groups excluding carboxylic acids is 1. The summed E-state index contributed by atoms with van der Waals surface area (Å²) in [6.07, 6.45) is 1.32. The van der Waals surface area contributed by atoms with E-state index in [1.165, 1.54) is 6.20 Å². The fourth-order valence-electron chi connectivity index (χ4n) is 2.02. The van der Waals surface area contributed by atoms with Crippen molar-refractivity contribution in [1.29, 1.82) is 0 Å². The largest absolute Gasteiger partial charge is 0.478 e. The number of carboxylic acid groups (broad SMARTS) is 1. The van der Waals surface area contributed by atoms with Crippen molar-refractivity contribution in [3.8, 4) is 0 Å². The molecule has 0 aliphatic heterocycles. The summed E-state index contributed by atoms with van der Waals surface area (Å²) < 4.78 is 0. The average molecular weight is 273 g/mol. The standard InChI is InChI=1S/C14H15N3O3/c1-15-12(18)8-17(2)13-10-6-4-3-5-9(10)11(7-16-13)14(19)20/h3-7H,8H2,1-2H3,(H,15,18)(H,19,20). The van der Waals surface area contributed by atoms with Gasteiger partial charge in [-0.1, -0.05) is 24.3 Å². The van der Waals surface area contributed by atoms with Crippen LogP contribution in [0.5, 0.6) is 0 Å². The molecule has 0 unspecified atom stereocenters. The smallest absolute Gasteiger partial charge is 0.337 e. The monoisotopic (exact) mass is 273 g/mol. The van der Waals surface area contributed by atoms with Crippen LogP contribution >= 0.6 is 0 Å². The number of anilines is 1. The SMILES string of the molecule is CNC(=O)CN(C)c1ncc(C(=O)O)c2ccccc12. The normalized spacial score (nSPS) is 10.3. The summed E-state index contributed by atoms with van der Waals surface area (Å²) in [5, 5.41) is 13.0. The third-order valence-electron chi connectivity index (χ3n) is 3.03. The van der Waals surface area contributed by atoms with Gasteiger partial charge in [-0.2, -0.15) is 0 Å². The second-order valence-corrected chi connectivity index (χ2v) is 4.38. The van der Waals surface area contributed by atoms with Crippen molar-refractivity contribution in [2.75, 3.05) is 25.5 Å². The van der Waals surface area contributed by atoms with Gasteiger partial charge in [-0.15, -0.1) is 0 Å². The molecule has 0 radical (unpaired) electrons. The van der Waals surface area contributed by atoms with Gasteiger partial charge in [-0.25, -0.2) is 9.78 Å². The van der Waals surface area contributed by atoms with Crippen molar-refractivity contribution >= 4 is 28.5 Å². The predicted octanol–water partition coefficient (Wildman–Crippen LogP) is 1.12. The van der Waals surface area contributed by atoms with E-state index in [1.54, 1.807) is 37.2 Å². The number of carbonyl (C=O) groups is 2. The molecule has 6 nitrogen and oxygen atoms in total. The van der Waals surface area contributed by atoms with E-state index in [9.17, 15) is 14.7 Å². The number of hydrogen-bond donors (Lipinski definition) is 2. The zero-order valence-electron chi connectivity index (χ0n) is 11.3. The Hall–Kier alpha value is -2.63. The highest BCUT2D eigenvalue weighted by Crippen LogP contribution is 2.26. The van der Waals surface area contributed by atoms with Crippen LogP contribution in [0.2, 0.25) is 0 Å². The van der Waals surface area contributed by atoms with E-state index in [-0.39, 0.29) is 18.0 Å². The van der Waals surface area contributed by atoms with Gasteiger partial charge >= 0.3 is 5.97 Å². The van der Waals surface area contributed by atoms with Gasteiger partial charge < -0.3 is 15.3 Å². The van der Waals surface area contributed by atoms with Crippen molar-refractivity contribution in [3.05, 3.63) is 36.0 Å². The Morgan fingerprint density at radius 2 is 1.95 bits per heavy atom. The van der Waals surface area contributed by atoms with Crippen LogP contribution in [0.15, 0.2) is 30.5 Å². The first-order chi connectivity index (χ1) is 9.54. The molecule has 0 spiro atoms. The lowest BCUT2D eigenvalue weighted by atomic mass is 10.1. The fourth-order valence-corrected chi connectivity index (χ4v) is 2.02. The molecule has 0 saturated heterocycles. The minimum Gasteiger partial charge on any atom is -0.478 e. The number of likely N-dealkylation sites (N-methyl/N-ethyl adjacent to an activating group) is 2. The summed E-state index contributed by atoms with van der Waals surface area (Å²) in [5.74, 6) is -0.580. The number of rotatable bonds is 4. The van der Waals surface area contributed by atoms with Crippen LogP contribution in [0.4, 0.5) is 5.82 Å². The first-order valence-electron chi connectivity index (χ1n) is 6.07. The molecule has 0 saturated carbocycles. The Labute approximate surface area is 116 Å². The molecule has 2 aromatic rings. The number of benzene rings is 1. The summed E-state index contributed by atoms with van der Waals surface area (Å²) in [6.45, 7) is 0.153. The lowest BCUT2D eigenvalue weighted by Crippen LogP contribution is -2.33. The fraction of sp³-hybridized carbons (Fsp3) is 0.214. The van der Waals surface area contributed by atoms with Crippen molar-refractivity contribution in [3.63, 3.8) is 0 Å². The first-order valence-corrected chi connectivity index (χ1v) is 6.07. The quantitative estimate of drug-likeness (QED) is 0.872. The van der Waals surface area contributed by atoms with Crippen molar-refractivity contribution in [1.82, 2.24) is 10.3 Å². The van der Waals surface area contributed by atoms with Gasteiger partial charge in [-0.05, 0) is 0 Å². The molecule has 1 heterocycles. The Morgan fingerprint density at radius 1 is 1.30 bits per heavy atom. The Balaban J connectivity index is 2.53. The molecular weight excluding hydrogens is 258 g/mol. The molecule has 0 aliphatic carbocycles. The summed E-state index contributed by atoms with van der Waals surface area (Å²) in [7, 11) is 3.31. The highest BCUT2D eigenvalue weighted by atomic mass is 16.4. The molecule has 1 aromatic heterocycles. The molecule has 0 bridgehead atoms. The van der Waals surface area contributed by atoms with E-state index in [2.05, 4.69) is 10.3 Å². The maximum atomic E-state index is 11.4. The zero-order chi connectivity index (χ0) is 14.7. The highest BCUT2D eigenvalue weighted by molar-refractivity contribution is 6.06. The summed E-state index contributed by atoms with van der Waals surface area (Å²) in [6, 6.07) is 7.12. The minimum absolute atomic E-state index is 0.138. The van der Waals surface area contributed by atoms with Gasteiger partial charge in [0.05, 0.1) is 12.1 Å². The molecule has 1 aromatic carbocycles. The van der Waals surface area contributed by atoms with Crippen molar-refractivity contribution < 1.29 is 14.7 Å². The third kappa shape index (κ3) is 2.54. The molecule has 0 atom stereocenters. The number of hydrogen-bond acceptors (Lipinski definition) is 4. The number of carboxylic acids is 1. The Bertz CT molecular complexity index is 670. The topological polar surface area (TPSA) is 82.5 Å². The molecule has 104 valence electrons. The molecule has 2 rings (SSSR count). The summed E-state index contributed by atoms with van der Waals surface area (Å²) >= 11 is 0. The molecule has 1 amide bonds. The van der Waals surface area contributed by atoms with Gasteiger partial charge in [0.2, 0.25) is 5.91 Å². The predicted molar refractivity (Wildman–Crippen MR) is 76.0 cm³/mol. The van der Waals surface area contributed by atoms with Crippen LogP contribution < -0.4 is 10.2 Å². The summed E-state index contributed by atoms with van der Waals surface area (Å²) in [4.78, 5) is 28.5. The molecule has 0 fully saturated rings. The molecule has 6 heteroatoms.